The molecular weight excluding hydrogens is 344 g/mol. The molecule has 0 aromatic carbocycles. The molecule has 0 radical (unpaired) electrons. The van der Waals surface area contributed by atoms with Gasteiger partial charge >= 0.3 is 11.9 Å². The van der Waals surface area contributed by atoms with Gasteiger partial charge < -0.3 is 14.9 Å². The second kappa shape index (κ2) is 5.59. The molecule has 0 aromatic rings. The van der Waals surface area contributed by atoms with Crippen LogP contribution in [0.5, 0.6) is 0 Å². The highest BCUT2D eigenvalue weighted by molar-refractivity contribution is 5.75. The summed E-state index contributed by atoms with van der Waals surface area (Å²) in [5.41, 5.74) is -1.92. The van der Waals surface area contributed by atoms with E-state index >= 15 is 0 Å². The molecule has 2 bridgehead atoms. The molecule has 27 heavy (non-hydrogen) atoms. The topological polar surface area (TPSA) is 83.8 Å². The third-order valence-corrected chi connectivity index (χ3v) is 9.18. The lowest BCUT2D eigenvalue weighted by Crippen LogP contribution is -2.71. The Kier molecular flexibility index (Phi) is 3.93. The van der Waals surface area contributed by atoms with E-state index in [1.165, 1.54) is 6.92 Å². The second-order valence-electron chi connectivity index (χ2n) is 10.1. The number of carbonyl (C=O) groups excluding carboxylic acids is 1. The van der Waals surface area contributed by atoms with Crippen LogP contribution in [-0.2, 0) is 14.3 Å². The summed E-state index contributed by atoms with van der Waals surface area (Å²) >= 11 is 0. The lowest BCUT2D eigenvalue weighted by atomic mass is 9.38. The van der Waals surface area contributed by atoms with Gasteiger partial charge in [-0.1, -0.05) is 19.9 Å². The second-order valence-corrected chi connectivity index (χ2v) is 10.1. The van der Waals surface area contributed by atoms with E-state index in [9.17, 15) is 19.8 Å². The Morgan fingerprint density at radius 1 is 1.15 bits per heavy atom. The predicted octanol–water partition coefficient (Wildman–Crippen LogP) is 3.70. The number of hydrogen-bond acceptors (Lipinski definition) is 4. The van der Waals surface area contributed by atoms with Crippen molar-refractivity contribution in [2.45, 2.75) is 83.8 Å². The van der Waals surface area contributed by atoms with Crippen molar-refractivity contribution >= 4 is 11.9 Å². The number of rotatable bonds is 2. The van der Waals surface area contributed by atoms with Crippen LogP contribution in [0.1, 0.15) is 72.1 Å². The lowest BCUT2D eigenvalue weighted by Gasteiger charge is -2.68. The Hall–Kier alpha value is -1.36. The van der Waals surface area contributed by atoms with Gasteiger partial charge in [0, 0.05) is 17.8 Å². The van der Waals surface area contributed by atoms with Gasteiger partial charge in [0.2, 0.25) is 0 Å². The molecule has 2 N–H and O–H groups in total. The Bertz CT molecular complexity index is 715. The van der Waals surface area contributed by atoms with E-state index in [4.69, 9.17) is 4.74 Å². The molecule has 4 rings (SSSR count). The van der Waals surface area contributed by atoms with Crippen molar-refractivity contribution in [3.63, 3.8) is 0 Å². The van der Waals surface area contributed by atoms with Gasteiger partial charge in [-0.25, -0.2) is 0 Å². The first kappa shape index (κ1) is 19.0. The van der Waals surface area contributed by atoms with Crippen LogP contribution in [0.15, 0.2) is 12.2 Å². The Morgan fingerprint density at radius 3 is 2.48 bits per heavy atom. The number of carboxylic acids is 1. The van der Waals surface area contributed by atoms with E-state index in [2.05, 4.69) is 13.5 Å². The van der Waals surface area contributed by atoms with Crippen molar-refractivity contribution in [2.75, 3.05) is 0 Å². The van der Waals surface area contributed by atoms with E-state index in [0.29, 0.717) is 19.3 Å². The smallest absolute Gasteiger partial charge is 0.309 e. The summed E-state index contributed by atoms with van der Waals surface area (Å²) in [7, 11) is 0. The molecule has 5 nitrogen and oxygen atoms in total. The minimum Gasteiger partial charge on any atom is -0.481 e. The van der Waals surface area contributed by atoms with Gasteiger partial charge in [-0.05, 0) is 69.3 Å². The largest absolute Gasteiger partial charge is 0.481 e. The molecule has 0 aliphatic heterocycles. The van der Waals surface area contributed by atoms with E-state index < -0.39 is 33.9 Å². The van der Waals surface area contributed by atoms with Gasteiger partial charge in [-0.15, -0.1) is 0 Å². The monoisotopic (exact) mass is 376 g/mol. The summed E-state index contributed by atoms with van der Waals surface area (Å²) in [6, 6.07) is 0. The number of aliphatic hydroxyl groups is 1. The van der Waals surface area contributed by atoms with Crippen LogP contribution in [0.25, 0.3) is 0 Å². The maximum absolute atomic E-state index is 12.3. The van der Waals surface area contributed by atoms with Crippen LogP contribution in [0.3, 0.4) is 0 Å². The van der Waals surface area contributed by atoms with Gasteiger partial charge in [0.1, 0.15) is 6.10 Å². The van der Waals surface area contributed by atoms with Gasteiger partial charge in [-0.2, -0.15) is 0 Å². The molecule has 4 aliphatic rings. The zero-order valence-electron chi connectivity index (χ0n) is 16.7. The molecule has 2 unspecified atom stereocenters. The fourth-order valence-electron chi connectivity index (χ4n) is 7.87. The summed E-state index contributed by atoms with van der Waals surface area (Å²) < 4.78 is 5.77. The Labute approximate surface area is 161 Å². The Morgan fingerprint density at radius 2 is 1.85 bits per heavy atom. The molecule has 0 amide bonds. The zero-order valence-corrected chi connectivity index (χ0v) is 16.7. The first-order valence-corrected chi connectivity index (χ1v) is 10.3. The van der Waals surface area contributed by atoms with Crippen LogP contribution in [0.4, 0.5) is 0 Å². The molecule has 4 fully saturated rings. The normalized spacial score (nSPS) is 51.3. The molecule has 1 spiro atoms. The SMILES string of the molecule is C=C1C(OC(C)=O)[C@@]23CCC4[C@](C)(C(=O)O)CCC[C@@]4(C)[C@]2(O)CC[C@H]1C3. The molecule has 7 atom stereocenters. The summed E-state index contributed by atoms with van der Waals surface area (Å²) in [6.07, 6.45) is 5.54. The van der Waals surface area contributed by atoms with Crippen LogP contribution in [-0.4, -0.2) is 33.9 Å². The highest BCUT2D eigenvalue weighted by atomic mass is 16.5. The molecule has 0 heterocycles. The maximum atomic E-state index is 12.3. The van der Waals surface area contributed by atoms with E-state index in [-0.39, 0.29) is 17.8 Å². The number of ether oxygens (including phenoxy) is 1. The van der Waals surface area contributed by atoms with Crippen molar-refractivity contribution in [3.05, 3.63) is 12.2 Å². The molecule has 0 aromatic heterocycles. The van der Waals surface area contributed by atoms with Crippen molar-refractivity contribution in [1.29, 1.82) is 0 Å². The quantitative estimate of drug-likeness (QED) is 0.567. The molecule has 4 aliphatic carbocycles. The maximum Gasteiger partial charge on any atom is 0.309 e. The van der Waals surface area contributed by atoms with Crippen molar-refractivity contribution in [2.24, 2.45) is 28.1 Å². The minimum atomic E-state index is -1.03. The predicted molar refractivity (Wildman–Crippen MR) is 99.8 cm³/mol. The fraction of sp³-hybridized carbons (Fsp3) is 0.818. The number of carboxylic acid groups (broad SMARTS) is 1. The van der Waals surface area contributed by atoms with E-state index in [0.717, 1.165) is 37.7 Å². The third kappa shape index (κ3) is 2.10. The van der Waals surface area contributed by atoms with Crippen molar-refractivity contribution < 1.29 is 24.5 Å². The summed E-state index contributed by atoms with van der Waals surface area (Å²) in [5.74, 6) is -0.879. The van der Waals surface area contributed by atoms with Crippen LogP contribution < -0.4 is 0 Å². The highest BCUT2D eigenvalue weighted by Crippen LogP contribution is 2.74. The van der Waals surface area contributed by atoms with Gasteiger partial charge in [-0.3, -0.25) is 9.59 Å². The number of hydrogen-bond donors (Lipinski definition) is 2. The summed E-state index contributed by atoms with van der Waals surface area (Å²) in [6.45, 7) is 9.63. The van der Waals surface area contributed by atoms with E-state index in [1.807, 2.05) is 6.92 Å². The fourth-order valence-corrected chi connectivity index (χ4v) is 7.87. The number of esters is 1. The Balaban J connectivity index is 1.84. The lowest BCUT2D eigenvalue weighted by molar-refractivity contribution is -0.278. The number of fused-ring (bicyclic) bond motifs is 3. The molecule has 5 heteroatoms. The average Bonchev–Trinajstić information content (AvgIpc) is 2.80. The molecule has 4 saturated carbocycles. The summed E-state index contributed by atoms with van der Waals surface area (Å²) in [5, 5.41) is 22.3. The number of aliphatic carboxylic acids is 1. The van der Waals surface area contributed by atoms with Crippen LogP contribution in [0, 0.1) is 28.1 Å². The van der Waals surface area contributed by atoms with Crippen LogP contribution >= 0.6 is 0 Å². The van der Waals surface area contributed by atoms with Crippen LogP contribution in [0.2, 0.25) is 0 Å². The van der Waals surface area contributed by atoms with Crippen molar-refractivity contribution in [3.8, 4) is 0 Å². The molecule has 0 saturated heterocycles. The third-order valence-electron chi connectivity index (χ3n) is 9.18. The van der Waals surface area contributed by atoms with Gasteiger partial charge in [0.25, 0.3) is 0 Å². The van der Waals surface area contributed by atoms with E-state index in [1.54, 1.807) is 0 Å². The summed E-state index contributed by atoms with van der Waals surface area (Å²) in [4.78, 5) is 24.0. The highest BCUT2D eigenvalue weighted by Gasteiger charge is 2.75. The number of carbonyl (C=O) groups is 2. The average molecular weight is 376 g/mol. The standard InChI is InChI=1S/C22H32O5/c1-13-15-6-11-22(26)20(4)9-5-8-19(3,18(24)25)16(20)7-10-21(22,12-15)17(13)27-14(2)23/h15-17,26H,1,5-12H2,2-4H3,(H,24,25)/t15-,16?,17?,19+,20+,21-,22+/m0/s1. The van der Waals surface area contributed by atoms with Crippen molar-refractivity contribution in [1.82, 2.24) is 0 Å². The minimum absolute atomic E-state index is 0.0738. The zero-order chi connectivity index (χ0) is 19.8. The first-order chi connectivity index (χ1) is 12.5. The molecular formula is C22H32O5. The van der Waals surface area contributed by atoms with Gasteiger partial charge in [0.15, 0.2) is 0 Å². The van der Waals surface area contributed by atoms with Gasteiger partial charge in [0.05, 0.1) is 11.0 Å². The first-order valence-electron chi connectivity index (χ1n) is 10.3. The molecule has 150 valence electrons.